The van der Waals surface area contributed by atoms with Gasteiger partial charge in [-0.15, -0.1) is 0 Å². The lowest BCUT2D eigenvalue weighted by Gasteiger charge is -2.28. The zero-order valence-corrected chi connectivity index (χ0v) is 13.0. The molecule has 0 saturated heterocycles. The maximum atomic E-state index is 5.72. The van der Waals surface area contributed by atoms with E-state index >= 15 is 0 Å². The summed E-state index contributed by atoms with van der Waals surface area (Å²) in [7, 11) is 0. The van der Waals surface area contributed by atoms with Gasteiger partial charge in [0.1, 0.15) is 0 Å². The smallest absolute Gasteiger partial charge is 0.0593 e. The molecule has 0 aromatic heterocycles. The van der Waals surface area contributed by atoms with Crippen molar-refractivity contribution in [1.29, 1.82) is 0 Å². The van der Waals surface area contributed by atoms with Gasteiger partial charge in [-0.25, -0.2) is 0 Å². The van der Waals surface area contributed by atoms with Crippen LogP contribution in [-0.2, 0) is 4.74 Å². The molecule has 0 aromatic carbocycles. The van der Waals surface area contributed by atoms with Gasteiger partial charge in [-0.2, -0.15) is 0 Å². The zero-order chi connectivity index (χ0) is 12.5. The fraction of sp³-hybridized carbons (Fsp3) is 1.00. The van der Waals surface area contributed by atoms with Crippen LogP contribution in [0.4, 0.5) is 0 Å². The van der Waals surface area contributed by atoms with E-state index in [2.05, 4.69) is 34.7 Å². The Morgan fingerprint density at radius 3 is 2.47 bits per heavy atom. The molecule has 3 heteroatoms. The normalized spacial score (nSPS) is 17.5. The van der Waals surface area contributed by atoms with E-state index in [0.29, 0.717) is 0 Å². The Balaban J connectivity index is 2.11. The monoisotopic (exact) mass is 305 g/mol. The van der Waals surface area contributed by atoms with E-state index in [0.717, 1.165) is 43.6 Å². The molecule has 0 radical (unpaired) electrons. The van der Waals surface area contributed by atoms with Crippen molar-refractivity contribution in [2.45, 2.75) is 52.0 Å². The molecule has 0 unspecified atom stereocenters. The topological polar surface area (TPSA) is 12.5 Å². The molecule has 0 atom stereocenters. The summed E-state index contributed by atoms with van der Waals surface area (Å²) in [6.07, 6.45) is 6.79. The Labute approximate surface area is 115 Å². The predicted octanol–water partition coefficient (Wildman–Crippen LogP) is 3.69. The summed E-state index contributed by atoms with van der Waals surface area (Å²) in [5.74, 6) is 0.753. The fourth-order valence-corrected chi connectivity index (χ4v) is 2.91. The van der Waals surface area contributed by atoms with Gasteiger partial charge in [0.2, 0.25) is 0 Å². The molecular weight excluding hydrogens is 278 g/mol. The Morgan fingerprint density at radius 1 is 1.18 bits per heavy atom. The summed E-state index contributed by atoms with van der Waals surface area (Å²) in [4.78, 5) is 2.61. The van der Waals surface area contributed by atoms with Gasteiger partial charge in [0, 0.05) is 31.1 Å². The highest BCUT2D eigenvalue weighted by molar-refractivity contribution is 9.09. The van der Waals surface area contributed by atoms with Gasteiger partial charge in [-0.05, 0) is 25.2 Å². The number of hydrogen-bond acceptors (Lipinski definition) is 2. The molecule has 102 valence electrons. The standard InChI is InChI=1S/C14H28BrNO/c1-13(2)7-11-17-12-10-16(9-8-15)14-5-3-4-6-14/h13-14H,3-12H2,1-2H3. The molecule has 0 aliphatic heterocycles. The van der Waals surface area contributed by atoms with E-state index in [1.165, 1.54) is 32.1 Å². The molecule has 2 nitrogen and oxygen atoms in total. The van der Waals surface area contributed by atoms with Gasteiger partial charge in [-0.1, -0.05) is 42.6 Å². The average molecular weight is 306 g/mol. The molecule has 1 fully saturated rings. The van der Waals surface area contributed by atoms with E-state index in [1.807, 2.05) is 0 Å². The van der Waals surface area contributed by atoms with Crippen molar-refractivity contribution in [3.05, 3.63) is 0 Å². The number of alkyl halides is 1. The van der Waals surface area contributed by atoms with Gasteiger partial charge in [-0.3, -0.25) is 4.90 Å². The van der Waals surface area contributed by atoms with Crippen LogP contribution in [0.1, 0.15) is 46.0 Å². The average Bonchev–Trinajstić information content (AvgIpc) is 2.80. The predicted molar refractivity (Wildman–Crippen MR) is 77.9 cm³/mol. The fourth-order valence-electron chi connectivity index (χ4n) is 2.46. The number of hydrogen-bond donors (Lipinski definition) is 0. The van der Waals surface area contributed by atoms with Crippen LogP contribution >= 0.6 is 15.9 Å². The van der Waals surface area contributed by atoms with E-state index in [1.54, 1.807) is 0 Å². The summed E-state index contributed by atoms with van der Waals surface area (Å²) in [6.45, 7) is 8.59. The van der Waals surface area contributed by atoms with Crippen LogP contribution in [0.3, 0.4) is 0 Å². The van der Waals surface area contributed by atoms with Crippen LogP contribution in [0.5, 0.6) is 0 Å². The Morgan fingerprint density at radius 2 is 1.88 bits per heavy atom. The highest BCUT2D eigenvalue weighted by atomic mass is 79.9. The summed E-state index contributed by atoms with van der Waals surface area (Å²) in [5.41, 5.74) is 0. The van der Waals surface area contributed by atoms with Gasteiger partial charge in [0.25, 0.3) is 0 Å². The Bertz CT molecular complexity index is 181. The second-order valence-corrected chi connectivity index (χ2v) is 6.25. The summed E-state index contributed by atoms with van der Waals surface area (Å²) >= 11 is 3.56. The molecular formula is C14H28BrNO. The molecule has 0 N–H and O–H groups in total. The number of ether oxygens (including phenoxy) is 1. The van der Waals surface area contributed by atoms with Crippen LogP contribution in [-0.4, -0.2) is 42.6 Å². The quantitative estimate of drug-likeness (QED) is 0.476. The first-order valence-electron chi connectivity index (χ1n) is 7.11. The van der Waals surface area contributed by atoms with Crippen molar-refractivity contribution >= 4 is 15.9 Å². The second kappa shape index (κ2) is 9.35. The zero-order valence-electron chi connectivity index (χ0n) is 11.5. The summed E-state index contributed by atoms with van der Waals surface area (Å²) < 4.78 is 5.72. The SMILES string of the molecule is CC(C)CCOCCN(CCBr)C1CCCC1. The van der Waals surface area contributed by atoms with Crippen molar-refractivity contribution < 1.29 is 4.74 Å². The highest BCUT2D eigenvalue weighted by Crippen LogP contribution is 2.23. The molecule has 0 amide bonds. The van der Waals surface area contributed by atoms with Gasteiger partial charge in [0.05, 0.1) is 6.61 Å². The lowest BCUT2D eigenvalue weighted by molar-refractivity contribution is 0.0843. The molecule has 0 heterocycles. The van der Waals surface area contributed by atoms with Gasteiger partial charge in [0.15, 0.2) is 0 Å². The molecule has 1 rings (SSSR count). The maximum absolute atomic E-state index is 5.72. The molecule has 0 spiro atoms. The third-order valence-electron chi connectivity index (χ3n) is 3.58. The first-order chi connectivity index (χ1) is 8.24. The van der Waals surface area contributed by atoms with Crippen molar-refractivity contribution in [3.63, 3.8) is 0 Å². The third-order valence-corrected chi connectivity index (χ3v) is 3.93. The van der Waals surface area contributed by atoms with E-state index < -0.39 is 0 Å². The minimum Gasteiger partial charge on any atom is -0.380 e. The molecule has 1 saturated carbocycles. The first kappa shape index (κ1) is 15.5. The second-order valence-electron chi connectivity index (χ2n) is 5.46. The van der Waals surface area contributed by atoms with Crippen LogP contribution < -0.4 is 0 Å². The number of nitrogens with zero attached hydrogens (tertiary/aromatic N) is 1. The van der Waals surface area contributed by atoms with E-state index in [4.69, 9.17) is 4.74 Å². The van der Waals surface area contributed by atoms with Crippen molar-refractivity contribution in [3.8, 4) is 0 Å². The molecule has 0 aromatic rings. The lowest BCUT2D eigenvalue weighted by atomic mass is 10.1. The molecule has 1 aliphatic rings. The summed E-state index contributed by atoms with van der Waals surface area (Å²) in [5, 5.41) is 1.08. The van der Waals surface area contributed by atoms with Crippen molar-refractivity contribution in [1.82, 2.24) is 4.90 Å². The Hall–Kier alpha value is 0.400. The Kier molecular flexibility index (Phi) is 8.50. The molecule has 1 aliphatic carbocycles. The van der Waals surface area contributed by atoms with Crippen LogP contribution in [0.2, 0.25) is 0 Å². The summed E-state index contributed by atoms with van der Waals surface area (Å²) in [6, 6.07) is 0.821. The van der Waals surface area contributed by atoms with Crippen LogP contribution in [0.25, 0.3) is 0 Å². The van der Waals surface area contributed by atoms with Gasteiger partial charge < -0.3 is 4.74 Å². The van der Waals surface area contributed by atoms with E-state index in [9.17, 15) is 0 Å². The number of rotatable bonds is 9. The minimum absolute atomic E-state index is 0.753. The molecule has 0 bridgehead atoms. The number of halogens is 1. The lowest BCUT2D eigenvalue weighted by Crippen LogP contribution is -2.37. The highest BCUT2D eigenvalue weighted by Gasteiger charge is 2.21. The first-order valence-corrected chi connectivity index (χ1v) is 8.24. The maximum Gasteiger partial charge on any atom is 0.0593 e. The van der Waals surface area contributed by atoms with Gasteiger partial charge >= 0.3 is 0 Å². The van der Waals surface area contributed by atoms with E-state index in [-0.39, 0.29) is 0 Å². The van der Waals surface area contributed by atoms with Crippen LogP contribution in [0.15, 0.2) is 0 Å². The minimum atomic E-state index is 0.753. The van der Waals surface area contributed by atoms with Crippen LogP contribution in [0, 0.1) is 5.92 Å². The third kappa shape index (κ3) is 6.78. The van der Waals surface area contributed by atoms with Crippen molar-refractivity contribution in [2.75, 3.05) is 31.6 Å². The van der Waals surface area contributed by atoms with Crippen molar-refractivity contribution in [2.24, 2.45) is 5.92 Å². The largest absolute Gasteiger partial charge is 0.380 e. The molecule has 17 heavy (non-hydrogen) atoms.